The first-order chi connectivity index (χ1) is 8.12. The predicted molar refractivity (Wildman–Crippen MR) is 65.7 cm³/mol. The van der Waals surface area contributed by atoms with Crippen LogP contribution in [0.1, 0.15) is 33.1 Å². The summed E-state index contributed by atoms with van der Waals surface area (Å²) in [5, 5.41) is 2.87. The Hall–Kier alpha value is -0.650. The summed E-state index contributed by atoms with van der Waals surface area (Å²) in [6, 6.07) is 0.189. The Morgan fingerprint density at radius 2 is 2.18 bits per heavy atom. The SMILES string of the molecule is CCC(C)NC(=O)COC1(CN)CCOCC1. The summed E-state index contributed by atoms with van der Waals surface area (Å²) in [5.74, 6) is -0.0707. The summed E-state index contributed by atoms with van der Waals surface area (Å²) in [4.78, 5) is 11.6. The molecule has 1 amide bonds. The van der Waals surface area contributed by atoms with Crippen LogP contribution in [-0.2, 0) is 14.3 Å². The fraction of sp³-hybridized carbons (Fsp3) is 0.917. The van der Waals surface area contributed by atoms with Crippen LogP contribution in [0.15, 0.2) is 0 Å². The van der Waals surface area contributed by atoms with Crippen LogP contribution >= 0.6 is 0 Å². The van der Waals surface area contributed by atoms with Crippen molar-refractivity contribution in [2.24, 2.45) is 5.73 Å². The Morgan fingerprint density at radius 1 is 1.53 bits per heavy atom. The van der Waals surface area contributed by atoms with Crippen molar-refractivity contribution < 1.29 is 14.3 Å². The van der Waals surface area contributed by atoms with Gasteiger partial charge in [-0.05, 0) is 13.3 Å². The lowest BCUT2D eigenvalue weighted by Gasteiger charge is -2.35. The molecule has 1 heterocycles. The lowest BCUT2D eigenvalue weighted by Crippen LogP contribution is -2.48. The van der Waals surface area contributed by atoms with Gasteiger partial charge in [0.2, 0.25) is 5.91 Å². The molecule has 0 aromatic heterocycles. The first kappa shape index (κ1) is 14.4. The summed E-state index contributed by atoms with van der Waals surface area (Å²) in [7, 11) is 0. The van der Waals surface area contributed by atoms with Crippen molar-refractivity contribution in [2.75, 3.05) is 26.4 Å². The molecule has 17 heavy (non-hydrogen) atoms. The molecule has 1 aliphatic rings. The van der Waals surface area contributed by atoms with Gasteiger partial charge in [0.05, 0.1) is 5.60 Å². The number of carbonyl (C=O) groups is 1. The van der Waals surface area contributed by atoms with Crippen molar-refractivity contribution >= 4 is 5.91 Å². The van der Waals surface area contributed by atoms with E-state index in [1.165, 1.54) is 0 Å². The first-order valence-electron chi connectivity index (χ1n) is 6.33. The van der Waals surface area contributed by atoms with E-state index in [2.05, 4.69) is 5.32 Å². The molecular weight excluding hydrogens is 220 g/mol. The second-order valence-corrected chi connectivity index (χ2v) is 4.66. The molecule has 1 unspecified atom stereocenters. The molecule has 1 aliphatic heterocycles. The molecule has 5 heteroatoms. The normalized spacial score (nSPS) is 20.9. The number of hydrogen-bond acceptors (Lipinski definition) is 4. The molecule has 0 aromatic rings. The van der Waals surface area contributed by atoms with Crippen molar-refractivity contribution in [3.63, 3.8) is 0 Å². The van der Waals surface area contributed by atoms with Gasteiger partial charge in [-0.25, -0.2) is 0 Å². The third kappa shape index (κ3) is 4.61. The number of rotatable bonds is 6. The molecular formula is C12H24N2O3. The summed E-state index contributed by atoms with van der Waals surface area (Å²) in [6.45, 7) is 5.85. The highest BCUT2D eigenvalue weighted by atomic mass is 16.5. The van der Waals surface area contributed by atoms with E-state index >= 15 is 0 Å². The van der Waals surface area contributed by atoms with Gasteiger partial charge in [-0.3, -0.25) is 4.79 Å². The van der Waals surface area contributed by atoms with Gasteiger partial charge in [0.25, 0.3) is 0 Å². The molecule has 1 rings (SSSR count). The van der Waals surface area contributed by atoms with E-state index in [-0.39, 0.29) is 24.2 Å². The van der Waals surface area contributed by atoms with Crippen molar-refractivity contribution in [1.82, 2.24) is 5.32 Å². The Kier molecular flexibility index (Phi) is 5.88. The van der Waals surface area contributed by atoms with Crippen molar-refractivity contribution in [3.05, 3.63) is 0 Å². The minimum absolute atomic E-state index is 0.0707. The monoisotopic (exact) mass is 244 g/mol. The Balaban J connectivity index is 2.34. The fourth-order valence-corrected chi connectivity index (χ4v) is 1.79. The zero-order valence-electron chi connectivity index (χ0n) is 10.8. The maximum absolute atomic E-state index is 11.6. The van der Waals surface area contributed by atoms with E-state index in [9.17, 15) is 4.79 Å². The topological polar surface area (TPSA) is 73.6 Å². The second-order valence-electron chi connectivity index (χ2n) is 4.66. The fourth-order valence-electron chi connectivity index (χ4n) is 1.79. The van der Waals surface area contributed by atoms with Gasteiger partial charge in [-0.1, -0.05) is 6.92 Å². The van der Waals surface area contributed by atoms with Gasteiger partial charge >= 0.3 is 0 Å². The van der Waals surface area contributed by atoms with Gasteiger partial charge in [0, 0.05) is 38.6 Å². The summed E-state index contributed by atoms with van der Waals surface area (Å²) >= 11 is 0. The van der Waals surface area contributed by atoms with Crippen LogP contribution in [0.2, 0.25) is 0 Å². The average Bonchev–Trinajstić information content (AvgIpc) is 2.37. The molecule has 100 valence electrons. The van der Waals surface area contributed by atoms with Crippen LogP contribution in [0.5, 0.6) is 0 Å². The highest BCUT2D eigenvalue weighted by molar-refractivity contribution is 5.77. The van der Waals surface area contributed by atoms with E-state index in [4.69, 9.17) is 15.2 Å². The number of amides is 1. The Bertz CT molecular complexity index is 240. The van der Waals surface area contributed by atoms with E-state index in [0.717, 1.165) is 19.3 Å². The molecule has 1 fully saturated rings. The molecule has 0 spiro atoms. The Labute approximate surface area is 103 Å². The molecule has 0 bridgehead atoms. The maximum atomic E-state index is 11.6. The largest absolute Gasteiger partial charge is 0.381 e. The third-order valence-electron chi connectivity index (χ3n) is 3.31. The zero-order chi connectivity index (χ0) is 12.7. The average molecular weight is 244 g/mol. The lowest BCUT2D eigenvalue weighted by molar-refractivity contribution is -0.142. The van der Waals surface area contributed by atoms with Crippen molar-refractivity contribution in [1.29, 1.82) is 0 Å². The maximum Gasteiger partial charge on any atom is 0.246 e. The molecule has 0 aromatic carbocycles. The smallest absolute Gasteiger partial charge is 0.246 e. The quantitative estimate of drug-likeness (QED) is 0.710. The van der Waals surface area contributed by atoms with Gasteiger partial charge in [-0.15, -0.1) is 0 Å². The first-order valence-corrected chi connectivity index (χ1v) is 6.33. The third-order valence-corrected chi connectivity index (χ3v) is 3.31. The van der Waals surface area contributed by atoms with E-state index < -0.39 is 0 Å². The van der Waals surface area contributed by atoms with Crippen molar-refractivity contribution in [3.8, 4) is 0 Å². The number of ether oxygens (including phenoxy) is 2. The van der Waals surface area contributed by atoms with Gasteiger partial charge in [0.1, 0.15) is 6.61 Å². The summed E-state index contributed by atoms with van der Waals surface area (Å²) < 4.78 is 11.0. The Morgan fingerprint density at radius 3 is 2.71 bits per heavy atom. The van der Waals surface area contributed by atoms with Gasteiger partial charge < -0.3 is 20.5 Å². The van der Waals surface area contributed by atoms with Gasteiger partial charge in [-0.2, -0.15) is 0 Å². The van der Waals surface area contributed by atoms with Crippen molar-refractivity contribution in [2.45, 2.75) is 44.8 Å². The standard InChI is InChI=1S/C12H24N2O3/c1-3-10(2)14-11(15)8-17-12(9-13)4-6-16-7-5-12/h10H,3-9,13H2,1-2H3,(H,14,15). The molecule has 1 atom stereocenters. The van der Waals surface area contributed by atoms with E-state index in [1.807, 2.05) is 13.8 Å². The summed E-state index contributed by atoms with van der Waals surface area (Å²) in [5.41, 5.74) is 5.37. The molecule has 5 nitrogen and oxygen atoms in total. The molecule has 0 aliphatic carbocycles. The van der Waals surface area contributed by atoms with Crippen LogP contribution in [-0.4, -0.2) is 43.9 Å². The number of nitrogens with two attached hydrogens (primary N) is 1. The van der Waals surface area contributed by atoms with Gasteiger partial charge in [0.15, 0.2) is 0 Å². The summed E-state index contributed by atoms with van der Waals surface area (Å²) in [6.07, 6.45) is 2.45. The molecule has 0 radical (unpaired) electrons. The van der Waals surface area contributed by atoms with E-state index in [0.29, 0.717) is 19.8 Å². The van der Waals surface area contributed by atoms with Crippen LogP contribution in [0.25, 0.3) is 0 Å². The molecule has 3 N–H and O–H groups in total. The lowest BCUT2D eigenvalue weighted by atomic mass is 9.94. The minimum Gasteiger partial charge on any atom is -0.381 e. The number of nitrogens with one attached hydrogen (secondary N) is 1. The minimum atomic E-state index is -0.370. The van der Waals surface area contributed by atoms with E-state index in [1.54, 1.807) is 0 Å². The molecule has 1 saturated heterocycles. The highest BCUT2D eigenvalue weighted by Gasteiger charge is 2.32. The van der Waals surface area contributed by atoms with Crippen LogP contribution in [0.4, 0.5) is 0 Å². The van der Waals surface area contributed by atoms with Crippen LogP contribution in [0.3, 0.4) is 0 Å². The zero-order valence-corrected chi connectivity index (χ0v) is 10.8. The van der Waals surface area contributed by atoms with Crippen LogP contribution < -0.4 is 11.1 Å². The second kappa shape index (κ2) is 6.93. The van der Waals surface area contributed by atoms with Crippen LogP contribution in [0, 0.1) is 0 Å². The number of hydrogen-bond donors (Lipinski definition) is 2. The molecule has 0 saturated carbocycles. The predicted octanol–water partition coefficient (Wildman–Crippen LogP) is 0.426. The highest BCUT2D eigenvalue weighted by Crippen LogP contribution is 2.23. The number of carbonyl (C=O) groups excluding carboxylic acids is 1.